The summed E-state index contributed by atoms with van der Waals surface area (Å²) in [5.41, 5.74) is 2.94. The first-order valence-electron chi connectivity index (χ1n) is 5.47. The molecule has 0 aliphatic rings. The predicted octanol–water partition coefficient (Wildman–Crippen LogP) is 2.29. The summed E-state index contributed by atoms with van der Waals surface area (Å²) in [7, 11) is 0. The average Bonchev–Trinajstić information content (AvgIpc) is 2.77. The summed E-state index contributed by atoms with van der Waals surface area (Å²) in [6, 6.07) is 7.90. The zero-order valence-electron chi connectivity index (χ0n) is 9.59. The third-order valence-electron chi connectivity index (χ3n) is 2.69. The van der Waals surface area contributed by atoms with E-state index in [0.29, 0.717) is 0 Å². The molecule has 1 aromatic carbocycles. The largest absolute Gasteiger partial charge is 0.384 e. The van der Waals surface area contributed by atoms with Crippen molar-refractivity contribution in [1.82, 2.24) is 9.78 Å². The number of aromatic nitrogens is 2. The molecule has 0 amide bonds. The number of rotatable bonds is 3. The topological polar surface area (TPSA) is 38.0 Å². The van der Waals surface area contributed by atoms with Gasteiger partial charge in [0.2, 0.25) is 0 Å². The van der Waals surface area contributed by atoms with Crippen LogP contribution in [0, 0.1) is 6.92 Å². The van der Waals surface area contributed by atoms with Crippen LogP contribution in [0.5, 0.6) is 0 Å². The van der Waals surface area contributed by atoms with Crippen molar-refractivity contribution < 1.29 is 5.11 Å². The van der Waals surface area contributed by atoms with E-state index in [1.807, 2.05) is 49.0 Å². The van der Waals surface area contributed by atoms with Gasteiger partial charge in [-0.15, -0.1) is 0 Å². The first-order chi connectivity index (χ1) is 7.70. The van der Waals surface area contributed by atoms with Gasteiger partial charge < -0.3 is 5.11 Å². The molecule has 16 heavy (non-hydrogen) atoms. The van der Waals surface area contributed by atoms with E-state index in [1.165, 1.54) is 5.56 Å². The van der Waals surface area contributed by atoms with E-state index in [2.05, 4.69) is 5.10 Å². The Kier molecular flexibility index (Phi) is 3.06. The molecule has 84 valence electrons. The maximum Gasteiger partial charge on any atom is 0.107 e. The van der Waals surface area contributed by atoms with Crippen molar-refractivity contribution in [1.29, 1.82) is 0 Å². The summed E-state index contributed by atoms with van der Waals surface area (Å²) in [5.74, 6) is 0. The van der Waals surface area contributed by atoms with E-state index in [-0.39, 0.29) is 0 Å². The number of hydrogen-bond donors (Lipinski definition) is 1. The minimum atomic E-state index is -0.583. The molecule has 0 aliphatic heterocycles. The molecule has 0 fully saturated rings. The molecule has 3 heteroatoms. The standard InChI is InChI=1S/C13H16N2O/c1-3-15-9-12(8-14-15)13(16)11-6-4-10(2)5-7-11/h4-9,13,16H,3H2,1-2H3. The van der Waals surface area contributed by atoms with E-state index in [4.69, 9.17) is 0 Å². The quantitative estimate of drug-likeness (QED) is 0.854. The van der Waals surface area contributed by atoms with Gasteiger partial charge in [0.15, 0.2) is 0 Å². The fourth-order valence-corrected chi connectivity index (χ4v) is 1.63. The number of aryl methyl sites for hydroxylation is 2. The van der Waals surface area contributed by atoms with Crippen LogP contribution in [0.3, 0.4) is 0 Å². The van der Waals surface area contributed by atoms with Crippen LogP contribution in [-0.4, -0.2) is 14.9 Å². The summed E-state index contributed by atoms with van der Waals surface area (Å²) in [6.07, 6.45) is 3.01. The van der Waals surface area contributed by atoms with Crippen LogP contribution in [0.4, 0.5) is 0 Å². The van der Waals surface area contributed by atoms with Gasteiger partial charge in [0, 0.05) is 18.3 Å². The van der Waals surface area contributed by atoms with Crippen LogP contribution >= 0.6 is 0 Å². The third-order valence-corrected chi connectivity index (χ3v) is 2.69. The van der Waals surface area contributed by atoms with Gasteiger partial charge in [-0.3, -0.25) is 4.68 Å². The zero-order valence-corrected chi connectivity index (χ0v) is 9.59. The van der Waals surface area contributed by atoms with Gasteiger partial charge in [0.05, 0.1) is 6.20 Å². The van der Waals surface area contributed by atoms with Gasteiger partial charge in [0.1, 0.15) is 6.10 Å². The number of benzene rings is 1. The minimum absolute atomic E-state index is 0.583. The lowest BCUT2D eigenvalue weighted by Crippen LogP contribution is -1.98. The highest BCUT2D eigenvalue weighted by Crippen LogP contribution is 2.21. The Balaban J connectivity index is 2.24. The minimum Gasteiger partial charge on any atom is -0.384 e. The number of hydrogen-bond acceptors (Lipinski definition) is 2. The van der Waals surface area contributed by atoms with Gasteiger partial charge in [-0.2, -0.15) is 5.10 Å². The Hall–Kier alpha value is -1.61. The molecule has 0 spiro atoms. The Morgan fingerprint density at radius 3 is 2.50 bits per heavy atom. The summed E-state index contributed by atoms with van der Waals surface area (Å²) in [5, 5.41) is 14.3. The third kappa shape index (κ3) is 2.14. The molecule has 1 heterocycles. The van der Waals surface area contributed by atoms with Crippen molar-refractivity contribution in [2.75, 3.05) is 0 Å². The Bertz CT molecular complexity index is 459. The first-order valence-corrected chi connectivity index (χ1v) is 5.47. The number of nitrogens with zero attached hydrogens (tertiary/aromatic N) is 2. The van der Waals surface area contributed by atoms with Crippen LogP contribution in [0.15, 0.2) is 36.7 Å². The molecule has 0 saturated heterocycles. The second kappa shape index (κ2) is 4.49. The molecule has 1 atom stereocenters. The summed E-state index contributed by atoms with van der Waals surface area (Å²) < 4.78 is 1.81. The van der Waals surface area contributed by atoms with E-state index >= 15 is 0 Å². The molecule has 0 aliphatic carbocycles. The lowest BCUT2D eigenvalue weighted by Gasteiger charge is -2.08. The highest BCUT2D eigenvalue weighted by molar-refractivity contribution is 5.29. The highest BCUT2D eigenvalue weighted by Gasteiger charge is 2.11. The van der Waals surface area contributed by atoms with Crippen LogP contribution in [0.25, 0.3) is 0 Å². The second-order valence-corrected chi connectivity index (χ2v) is 3.94. The SMILES string of the molecule is CCn1cc(C(O)c2ccc(C)cc2)cn1. The first kappa shape index (κ1) is 10.9. The van der Waals surface area contributed by atoms with Crippen molar-refractivity contribution in [3.05, 3.63) is 53.3 Å². The van der Waals surface area contributed by atoms with Crippen molar-refractivity contribution in [3.8, 4) is 0 Å². The Labute approximate surface area is 95.3 Å². The maximum absolute atomic E-state index is 10.1. The smallest absolute Gasteiger partial charge is 0.107 e. The number of aliphatic hydroxyl groups excluding tert-OH is 1. The summed E-state index contributed by atoms with van der Waals surface area (Å²) >= 11 is 0. The van der Waals surface area contributed by atoms with Crippen LogP contribution < -0.4 is 0 Å². The fraction of sp³-hybridized carbons (Fsp3) is 0.308. The highest BCUT2D eigenvalue weighted by atomic mass is 16.3. The molecule has 0 bridgehead atoms. The lowest BCUT2D eigenvalue weighted by atomic mass is 10.0. The maximum atomic E-state index is 10.1. The van der Waals surface area contributed by atoms with Crippen LogP contribution in [-0.2, 0) is 6.54 Å². The molecule has 1 unspecified atom stereocenters. The average molecular weight is 216 g/mol. The van der Waals surface area contributed by atoms with Gasteiger partial charge in [-0.1, -0.05) is 29.8 Å². The van der Waals surface area contributed by atoms with Crippen molar-refractivity contribution >= 4 is 0 Å². The van der Waals surface area contributed by atoms with Crippen molar-refractivity contribution in [2.45, 2.75) is 26.5 Å². The molecular weight excluding hydrogens is 200 g/mol. The molecule has 0 saturated carbocycles. The van der Waals surface area contributed by atoms with Gasteiger partial charge in [0.25, 0.3) is 0 Å². The zero-order chi connectivity index (χ0) is 11.5. The normalized spacial score (nSPS) is 12.7. The molecule has 0 radical (unpaired) electrons. The molecule has 1 aromatic heterocycles. The van der Waals surface area contributed by atoms with Gasteiger partial charge in [-0.05, 0) is 19.4 Å². The number of aliphatic hydroxyl groups is 1. The Morgan fingerprint density at radius 2 is 1.94 bits per heavy atom. The summed E-state index contributed by atoms with van der Waals surface area (Å²) in [4.78, 5) is 0. The predicted molar refractivity (Wildman–Crippen MR) is 63.1 cm³/mol. The molecule has 3 nitrogen and oxygen atoms in total. The molecule has 2 rings (SSSR count). The second-order valence-electron chi connectivity index (χ2n) is 3.94. The fourth-order valence-electron chi connectivity index (χ4n) is 1.63. The lowest BCUT2D eigenvalue weighted by molar-refractivity contribution is 0.220. The van der Waals surface area contributed by atoms with E-state index in [1.54, 1.807) is 6.20 Å². The van der Waals surface area contributed by atoms with Crippen molar-refractivity contribution in [2.24, 2.45) is 0 Å². The summed E-state index contributed by atoms with van der Waals surface area (Å²) in [6.45, 7) is 4.88. The van der Waals surface area contributed by atoms with Gasteiger partial charge >= 0.3 is 0 Å². The van der Waals surface area contributed by atoms with E-state index in [0.717, 1.165) is 17.7 Å². The van der Waals surface area contributed by atoms with Crippen molar-refractivity contribution in [3.63, 3.8) is 0 Å². The van der Waals surface area contributed by atoms with Crippen LogP contribution in [0.2, 0.25) is 0 Å². The van der Waals surface area contributed by atoms with Crippen LogP contribution in [0.1, 0.15) is 29.7 Å². The van der Waals surface area contributed by atoms with E-state index < -0.39 is 6.10 Å². The van der Waals surface area contributed by atoms with Gasteiger partial charge in [-0.25, -0.2) is 0 Å². The molecule has 2 aromatic rings. The Morgan fingerprint density at radius 1 is 1.25 bits per heavy atom. The molecule has 1 N–H and O–H groups in total. The van der Waals surface area contributed by atoms with E-state index in [9.17, 15) is 5.11 Å². The monoisotopic (exact) mass is 216 g/mol. The molecular formula is C13H16N2O.